The van der Waals surface area contributed by atoms with Gasteiger partial charge in [-0.05, 0) is 36.4 Å². The first-order chi connectivity index (χ1) is 12.3. The Kier molecular flexibility index (Phi) is 5.94. The summed E-state index contributed by atoms with van der Waals surface area (Å²) >= 11 is 11.4. The molecular weight excluding hydrogens is 443 g/mol. The van der Waals surface area contributed by atoms with Crippen molar-refractivity contribution < 1.29 is 31.2 Å². The smallest absolute Gasteiger partial charge is 0.346 e. The molecule has 0 unspecified atom stereocenters. The zero-order chi connectivity index (χ0) is 20.6. The molecule has 2 aromatic rings. The van der Waals surface area contributed by atoms with Gasteiger partial charge >= 0.3 is 11.9 Å². The van der Waals surface area contributed by atoms with Crippen LogP contribution in [-0.2, 0) is 24.8 Å². The second-order valence-electron chi connectivity index (χ2n) is 5.06. The maximum atomic E-state index is 12.1. The molecule has 9 nitrogen and oxygen atoms in total. The first-order valence-electron chi connectivity index (χ1n) is 6.72. The zero-order valence-electron chi connectivity index (χ0n) is 13.0. The lowest BCUT2D eigenvalue weighted by molar-refractivity contribution is 0.0397. The van der Waals surface area contributed by atoms with Crippen LogP contribution in [0.4, 0.5) is 0 Å². The van der Waals surface area contributed by atoms with Crippen LogP contribution in [0.25, 0.3) is 0 Å². The maximum absolute atomic E-state index is 12.1. The Hall–Kier alpha value is -2.02. The van der Waals surface area contributed by atoms with Crippen LogP contribution >= 0.6 is 23.2 Å². The summed E-state index contributed by atoms with van der Waals surface area (Å²) in [7, 11) is -8.43. The van der Waals surface area contributed by atoms with Crippen LogP contribution in [0.15, 0.2) is 46.2 Å². The van der Waals surface area contributed by atoms with E-state index in [-0.39, 0.29) is 21.2 Å². The SMILES string of the molecule is NS(=O)(=O)c1cc(C(=O)OC(=O)c2ccc(Cl)c(S(N)(=O)=O)c2)ccc1Cl. The molecule has 4 N–H and O–H groups in total. The number of nitrogens with two attached hydrogens (primary N) is 2. The van der Waals surface area contributed by atoms with Crippen LogP contribution < -0.4 is 10.3 Å². The minimum Gasteiger partial charge on any atom is -0.386 e. The summed E-state index contributed by atoms with van der Waals surface area (Å²) in [6.45, 7) is 0. The minimum atomic E-state index is -4.22. The molecule has 0 bridgehead atoms. The number of hydrogen-bond acceptors (Lipinski definition) is 7. The minimum absolute atomic E-state index is 0.226. The number of esters is 2. The molecular formula is C14H10Cl2N2O7S2. The maximum Gasteiger partial charge on any atom is 0.346 e. The van der Waals surface area contributed by atoms with Crippen molar-refractivity contribution in [3.05, 3.63) is 57.6 Å². The quantitative estimate of drug-likeness (QED) is 0.520. The fraction of sp³-hybridized carbons (Fsp3) is 0. The van der Waals surface area contributed by atoms with Gasteiger partial charge in [-0.1, -0.05) is 23.2 Å². The Bertz CT molecular complexity index is 1070. The fourth-order valence-electron chi connectivity index (χ4n) is 1.90. The van der Waals surface area contributed by atoms with Gasteiger partial charge in [0.25, 0.3) is 0 Å². The van der Waals surface area contributed by atoms with Gasteiger partial charge in [-0.15, -0.1) is 0 Å². The van der Waals surface area contributed by atoms with Gasteiger partial charge in [0.2, 0.25) is 20.0 Å². The van der Waals surface area contributed by atoms with Crippen LogP contribution in [0, 0.1) is 0 Å². The predicted octanol–water partition coefficient (Wildman–Crippen LogP) is 1.29. The van der Waals surface area contributed by atoms with Crippen molar-refractivity contribution in [2.45, 2.75) is 9.79 Å². The largest absolute Gasteiger partial charge is 0.386 e. The van der Waals surface area contributed by atoms with Crippen molar-refractivity contribution in [3.63, 3.8) is 0 Å². The van der Waals surface area contributed by atoms with Crippen LogP contribution in [0.5, 0.6) is 0 Å². The monoisotopic (exact) mass is 452 g/mol. The van der Waals surface area contributed by atoms with Gasteiger partial charge in [0.05, 0.1) is 21.2 Å². The van der Waals surface area contributed by atoms with Crippen molar-refractivity contribution >= 4 is 55.2 Å². The molecule has 2 aromatic carbocycles. The molecule has 0 aromatic heterocycles. The number of benzene rings is 2. The summed E-state index contributed by atoms with van der Waals surface area (Å²) in [6, 6.07) is 6.08. The van der Waals surface area contributed by atoms with Gasteiger partial charge < -0.3 is 4.74 Å². The van der Waals surface area contributed by atoms with E-state index in [0.717, 1.165) is 36.4 Å². The first-order valence-corrected chi connectivity index (χ1v) is 10.6. The van der Waals surface area contributed by atoms with E-state index < -0.39 is 41.8 Å². The second kappa shape index (κ2) is 7.54. The summed E-state index contributed by atoms with van der Waals surface area (Å²) in [5.74, 6) is -2.43. The number of carbonyl (C=O) groups is 2. The molecule has 0 heterocycles. The molecule has 0 saturated heterocycles. The van der Waals surface area contributed by atoms with Crippen LogP contribution in [-0.4, -0.2) is 28.8 Å². The highest BCUT2D eigenvalue weighted by molar-refractivity contribution is 7.89. The lowest BCUT2D eigenvalue weighted by Crippen LogP contribution is -2.17. The highest BCUT2D eigenvalue weighted by Crippen LogP contribution is 2.24. The van der Waals surface area contributed by atoms with E-state index in [1.165, 1.54) is 0 Å². The van der Waals surface area contributed by atoms with Gasteiger partial charge in [-0.25, -0.2) is 36.7 Å². The molecule has 0 saturated carbocycles. The predicted molar refractivity (Wildman–Crippen MR) is 95.4 cm³/mol. The standard InChI is InChI=1S/C14H10Cl2N2O7S2/c15-9-3-1-7(5-11(9)26(17,21)22)13(19)25-14(20)8-2-4-10(16)12(6-8)27(18,23)24/h1-6H,(H2,17,21,22)(H2,18,23,24). The van der Waals surface area contributed by atoms with Crippen molar-refractivity contribution in [1.82, 2.24) is 0 Å². The molecule has 0 atom stereocenters. The second-order valence-corrected chi connectivity index (χ2v) is 8.93. The van der Waals surface area contributed by atoms with Gasteiger partial charge in [0, 0.05) is 0 Å². The van der Waals surface area contributed by atoms with Crippen LogP contribution in [0.1, 0.15) is 20.7 Å². The molecule has 0 aliphatic heterocycles. The summed E-state index contributed by atoms with van der Waals surface area (Å²) in [5.41, 5.74) is -0.644. The number of rotatable bonds is 4. The Morgan fingerprint density at radius 3 is 1.37 bits per heavy atom. The van der Waals surface area contributed by atoms with E-state index in [0.29, 0.717) is 0 Å². The number of sulfonamides is 2. The molecule has 0 fully saturated rings. The average Bonchev–Trinajstić information content (AvgIpc) is 2.53. The van der Waals surface area contributed by atoms with Crippen molar-refractivity contribution in [2.24, 2.45) is 10.3 Å². The highest BCUT2D eigenvalue weighted by atomic mass is 35.5. The average molecular weight is 453 g/mol. The summed E-state index contributed by atoms with van der Waals surface area (Å²) in [6.07, 6.45) is 0. The number of hydrogen-bond donors (Lipinski definition) is 2. The molecule has 2 rings (SSSR count). The number of carbonyl (C=O) groups excluding carboxylic acids is 2. The summed E-state index contributed by atoms with van der Waals surface area (Å²) < 4.78 is 50.3. The Morgan fingerprint density at radius 2 is 1.07 bits per heavy atom. The van der Waals surface area contributed by atoms with Crippen molar-refractivity contribution in [1.29, 1.82) is 0 Å². The normalized spacial score (nSPS) is 11.9. The van der Waals surface area contributed by atoms with E-state index in [2.05, 4.69) is 4.74 Å². The van der Waals surface area contributed by atoms with Crippen LogP contribution in [0.3, 0.4) is 0 Å². The van der Waals surface area contributed by atoms with E-state index in [1.54, 1.807) is 0 Å². The van der Waals surface area contributed by atoms with Crippen molar-refractivity contribution in [3.8, 4) is 0 Å². The molecule has 27 heavy (non-hydrogen) atoms. The third kappa shape index (κ3) is 5.03. The molecule has 0 amide bonds. The van der Waals surface area contributed by atoms with E-state index in [9.17, 15) is 26.4 Å². The number of halogens is 2. The topological polar surface area (TPSA) is 164 Å². The van der Waals surface area contributed by atoms with E-state index in [1.807, 2.05) is 0 Å². The van der Waals surface area contributed by atoms with Gasteiger partial charge in [-0.2, -0.15) is 0 Å². The Labute approximate surface area is 163 Å². The van der Waals surface area contributed by atoms with E-state index in [4.69, 9.17) is 33.5 Å². The molecule has 13 heteroatoms. The highest BCUT2D eigenvalue weighted by Gasteiger charge is 2.22. The molecule has 0 spiro atoms. The Morgan fingerprint density at radius 1 is 0.741 bits per heavy atom. The van der Waals surface area contributed by atoms with E-state index >= 15 is 0 Å². The third-order valence-electron chi connectivity index (χ3n) is 3.13. The molecule has 0 radical (unpaired) electrons. The van der Waals surface area contributed by atoms with Crippen molar-refractivity contribution in [2.75, 3.05) is 0 Å². The number of primary sulfonamides is 2. The molecule has 0 aliphatic rings. The lowest BCUT2D eigenvalue weighted by atomic mass is 10.2. The van der Waals surface area contributed by atoms with Gasteiger partial charge in [0.15, 0.2) is 0 Å². The zero-order valence-corrected chi connectivity index (χ0v) is 16.2. The lowest BCUT2D eigenvalue weighted by Gasteiger charge is -2.07. The molecule has 0 aliphatic carbocycles. The Balaban J connectivity index is 2.33. The fourth-order valence-corrected chi connectivity index (χ4v) is 4.04. The summed E-state index contributed by atoms with van der Waals surface area (Å²) in [5, 5.41) is 9.50. The molecule has 144 valence electrons. The third-order valence-corrected chi connectivity index (χ3v) is 5.92. The number of ether oxygens (including phenoxy) is 1. The van der Waals surface area contributed by atoms with Gasteiger partial charge in [0.1, 0.15) is 9.79 Å². The van der Waals surface area contributed by atoms with Gasteiger partial charge in [-0.3, -0.25) is 0 Å². The first kappa shape index (κ1) is 21.3. The summed E-state index contributed by atoms with van der Waals surface area (Å²) in [4.78, 5) is 23.1. The van der Waals surface area contributed by atoms with Crippen LogP contribution in [0.2, 0.25) is 10.0 Å².